The lowest BCUT2D eigenvalue weighted by atomic mass is 10.2. The van der Waals surface area contributed by atoms with Crippen LogP contribution in [0.4, 0.5) is 13.2 Å². The minimum absolute atomic E-state index is 0.0172. The summed E-state index contributed by atoms with van der Waals surface area (Å²) in [7, 11) is 0. The summed E-state index contributed by atoms with van der Waals surface area (Å²) in [6, 6.07) is 6.51. The molecule has 1 aliphatic rings. The second kappa shape index (κ2) is 4.16. The van der Waals surface area contributed by atoms with E-state index >= 15 is 0 Å². The number of fused-ring (bicyclic) bond motifs is 2. The molecule has 1 atom stereocenters. The quantitative estimate of drug-likeness (QED) is 0.736. The Morgan fingerprint density at radius 2 is 1.95 bits per heavy atom. The van der Waals surface area contributed by atoms with E-state index in [0.717, 1.165) is 6.08 Å². The Balaban J connectivity index is 2.20. The van der Waals surface area contributed by atoms with Crippen LogP contribution in [0.3, 0.4) is 0 Å². The summed E-state index contributed by atoms with van der Waals surface area (Å²) in [6.45, 7) is 0. The van der Waals surface area contributed by atoms with E-state index in [4.69, 9.17) is 4.42 Å². The number of alkyl halides is 3. The first-order valence-corrected chi connectivity index (χ1v) is 6.32. The zero-order valence-electron chi connectivity index (χ0n) is 9.40. The zero-order valence-corrected chi connectivity index (χ0v) is 10.2. The van der Waals surface area contributed by atoms with Gasteiger partial charge in [0, 0.05) is 0 Å². The molecule has 1 aromatic carbocycles. The van der Waals surface area contributed by atoms with Crippen LogP contribution in [0.5, 0.6) is 0 Å². The highest BCUT2D eigenvalue weighted by molar-refractivity contribution is 8.00. The molecule has 2 heterocycles. The van der Waals surface area contributed by atoms with Gasteiger partial charge in [-0.1, -0.05) is 18.2 Å². The second-order valence-corrected chi connectivity index (χ2v) is 5.21. The Hall–Kier alpha value is -1.69. The van der Waals surface area contributed by atoms with Crippen LogP contribution in [-0.2, 0) is 0 Å². The number of rotatable bonds is 0. The molecule has 0 bridgehead atoms. The topological polar surface area (TPSA) is 30.2 Å². The molecule has 2 nitrogen and oxygen atoms in total. The summed E-state index contributed by atoms with van der Waals surface area (Å²) in [4.78, 5) is 12.2. The minimum atomic E-state index is -4.38. The average molecular weight is 284 g/mol. The maximum Gasteiger partial charge on any atom is 0.404 e. The number of hydrogen-bond donors (Lipinski definition) is 0. The molecule has 0 radical (unpaired) electrons. The molecule has 6 heteroatoms. The van der Waals surface area contributed by atoms with Crippen LogP contribution in [0.15, 0.2) is 44.4 Å². The van der Waals surface area contributed by atoms with Crippen molar-refractivity contribution in [3.8, 4) is 0 Å². The molecule has 0 aliphatic carbocycles. The van der Waals surface area contributed by atoms with Gasteiger partial charge in [0.2, 0.25) is 5.43 Å². The number of benzene rings is 1. The molecule has 19 heavy (non-hydrogen) atoms. The molecular formula is C13H7F3O2S. The number of halogens is 3. The Morgan fingerprint density at radius 1 is 1.21 bits per heavy atom. The third-order valence-electron chi connectivity index (χ3n) is 2.77. The summed E-state index contributed by atoms with van der Waals surface area (Å²) >= 11 is 0.487. The SMILES string of the molecule is O=c1c2c(oc3ccccc13)C=CC(C(F)(F)F)S2. The van der Waals surface area contributed by atoms with Gasteiger partial charge in [-0.05, 0) is 18.2 Å². The van der Waals surface area contributed by atoms with Crippen LogP contribution in [0.1, 0.15) is 5.76 Å². The predicted octanol–water partition coefficient (Wildman–Crippen LogP) is 3.84. The maximum atomic E-state index is 12.7. The fraction of sp³-hybridized carbons (Fsp3) is 0.154. The third-order valence-corrected chi connectivity index (χ3v) is 4.07. The fourth-order valence-corrected chi connectivity index (χ4v) is 2.87. The van der Waals surface area contributed by atoms with Crippen molar-refractivity contribution in [2.75, 3.05) is 0 Å². The Bertz CT molecular complexity index is 731. The monoisotopic (exact) mass is 284 g/mol. The smallest absolute Gasteiger partial charge is 0.404 e. The highest BCUT2D eigenvalue weighted by Gasteiger charge is 2.41. The summed E-state index contributed by atoms with van der Waals surface area (Å²) in [5, 5.41) is -1.41. The van der Waals surface area contributed by atoms with Crippen molar-refractivity contribution in [1.29, 1.82) is 0 Å². The predicted molar refractivity (Wildman–Crippen MR) is 67.2 cm³/mol. The first-order valence-electron chi connectivity index (χ1n) is 5.44. The average Bonchev–Trinajstić information content (AvgIpc) is 2.37. The van der Waals surface area contributed by atoms with Gasteiger partial charge < -0.3 is 4.42 Å². The van der Waals surface area contributed by atoms with E-state index in [1.54, 1.807) is 24.3 Å². The van der Waals surface area contributed by atoms with Crippen LogP contribution < -0.4 is 5.43 Å². The van der Waals surface area contributed by atoms with Crippen LogP contribution >= 0.6 is 11.8 Å². The molecule has 3 rings (SSSR count). The fourth-order valence-electron chi connectivity index (χ4n) is 1.88. The van der Waals surface area contributed by atoms with Crippen molar-refractivity contribution in [2.45, 2.75) is 16.3 Å². The van der Waals surface area contributed by atoms with E-state index in [1.165, 1.54) is 6.08 Å². The normalized spacial score (nSPS) is 18.6. The van der Waals surface area contributed by atoms with Gasteiger partial charge in [0.25, 0.3) is 0 Å². The van der Waals surface area contributed by atoms with Crippen molar-refractivity contribution in [2.24, 2.45) is 0 Å². The lowest BCUT2D eigenvalue weighted by Gasteiger charge is -2.20. The van der Waals surface area contributed by atoms with Gasteiger partial charge in [0.1, 0.15) is 16.6 Å². The molecule has 98 valence electrons. The summed E-state index contributed by atoms with van der Waals surface area (Å²) in [5.74, 6) is 0.189. The number of thioether (sulfide) groups is 1. The van der Waals surface area contributed by atoms with Gasteiger partial charge in [-0.2, -0.15) is 13.2 Å². The maximum absolute atomic E-state index is 12.7. The highest BCUT2D eigenvalue weighted by atomic mass is 32.2. The molecule has 1 unspecified atom stereocenters. The Morgan fingerprint density at radius 3 is 2.68 bits per heavy atom. The van der Waals surface area contributed by atoms with E-state index in [9.17, 15) is 18.0 Å². The standard InChI is InChI=1S/C13H7F3O2S/c14-13(15,16)10-6-5-9-12(19-10)11(17)7-3-1-2-4-8(7)18-9/h1-6,10H. The van der Waals surface area contributed by atoms with Crippen molar-refractivity contribution >= 4 is 28.8 Å². The molecule has 2 aromatic rings. The van der Waals surface area contributed by atoms with Gasteiger partial charge in [0.05, 0.1) is 10.3 Å². The third kappa shape index (κ3) is 2.06. The van der Waals surface area contributed by atoms with Crippen LogP contribution in [-0.4, -0.2) is 11.4 Å². The molecule has 0 amide bonds. The van der Waals surface area contributed by atoms with E-state index in [0.29, 0.717) is 22.7 Å². The first-order chi connectivity index (χ1) is 8.97. The summed E-state index contributed by atoms with van der Waals surface area (Å²) < 4.78 is 43.5. The van der Waals surface area contributed by atoms with Crippen molar-refractivity contribution < 1.29 is 17.6 Å². The molecule has 0 spiro atoms. The van der Waals surface area contributed by atoms with Gasteiger partial charge in [-0.15, -0.1) is 11.8 Å². The second-order valence-electron chi connectivity index (χ2n) is 4.06. The summed E-state index contributed by atoms with van der Waals surface area (Å²) in [5.41, 5.74) is -0.0394. The van der Waals surface area contributed by atoms with Crippen molar-refractivity contribution in [1.82, 2.24) is 0 Å². The lowest BCUT2D eigenvalue weighted by molar-refractivity contribution is -0.119. The Kier molecular flexibility index (Phi) is 2.70. The molecule has 0 N–H and O–H groups in total. The van der Waals surface area contributed by atoms with Crippen LogP contribution in [0.2, 0.25) is 0 Å². The summed E-state index contributed by atoms with van der Waals surface area (Å²) in [6.07, 6.45) is -2.15. The van der Waals surface area contributed by atoms with E-state index in [-0.39, 0.29) is 10.7 Å². The first kappa shape index (κ1) is 12.3. The molecular weight excluding hydrogens is 277 g/mol. The number of para-hydroxylation sites is 1. The van der Waals surface area contributed by atoms with Gasteiger partial charge in [-0.3, -0.25) is 4.79 Å². The van der Waals surface area contributed by atoms with Gasteiger partial charge in [0.15, 0.2) is 0 Å². The van der Waals surface area contributed by atoms with E-state index in [2.05, 4.69) is 0 Å². The molecule has 0 saturated heterocycles. The Labute approximate surface area is 109 Å². The molecule has 0 fully saturated rings. The minimum Gasteiger partial charge on any atom is -0.455 e. The molecule has 1 aliphatic heterocycles. The van der Waals surface area contributed by atoms with E-state index in [1.807, 2.05) is 0 Å². The van der Waals surface area contributed by atoms with Crippen molar-refractivity contribution in [3.05, 3.63) is 46.3 Å². The van der Waals surface area contributed by atoms with Crippen LogP contribution in [0.25, 0.3) is 17.0 Å². The number of hydrogen-bond acceptors (Lipinski definition) is 3. The van der Waals surface area contributed by atoms with Crippen molar-refractivity contribution in [3.63, 3.8) is 0 Å². The van der Waals surface area contributed by atoms with Gasteiger partial charge in [-0.25, -0.2) is 0 Å². The highest BCUT2D eigenvalue weighted by Crippen LogP contribution is 2.40. The van der Waals surface area contributed by atoms with Crippen LogP contribution in [0, 0.1) is 0 Å². The molecule has 0 saturated carbocycles. The zero-order chi connectivity index (χ0) is 13.6. The van der Waals surface area contributed by atoms with Gasteiger partial charge >= 0.3 is 6.18 Å². The van der Waals surface area contributed by atoms with E-state index < -0.39 is 16.9 Å². The lowest BCUT2D eigenvalue weighted by Crippen LogP contribution is -2.26. The largest absolute Gasteiger partial charge is 0.455 e. The molecule has 1 aromatic heterocycles.